The number of Topliss-reactive ketones (excluding diaryl/α,β-unsaturated/α-hetero) is 1. The number of likely N-dealkylation sites (tertiary alicyclic amines) is 1. The summed E-state index contributed by atoms with van der Waals surface area (Å²) in [6, 6.07) is 6.90. The van der Waals surface area contributed by atoms with Crippen molar-refractivity contribution in [2.75, 3.05) is 18.0 Å². The number of benzene rings is 1. The van der Waals surface area contributed by atoms with E-state index in [1.807, 2.05) is 32.9 Å². The topological polar surface area (TPSA) is 70.1 Å². The molecule has 6 heteroatoms. The van der Waals surface area contributed by atoms with Crippen LogP contribution in [0.15, 0.2) is 24.3 Å². The number of ketones is 1. The standard InChI is InChI=1S/C18H24N2O4/c1-18(2,3)24-17(23)19-10-13-8-16(22)9-14(11-19)20(13)12-4-6-15(21)7-5-12/h4-7,13-14,21H,8-11H2,1-3H3. The highest BCUT2D eigenvalue weighted by Crippen LogP contribution is 2.33. The third kappa shape index (κ3) is 3.47. The minimum absolute atomic E-state index is 0.0536. The van der Waals surface area contributed by atoms with Crippen LogP contribution in [0, 0.1) is 0 Å². The molecule has 2 heterocycles. The van der Waals surface area contributed by atoms with Gasteiger partial charge in [-0.2, -0.15) is 0 Å². The number of hydrogen-bond donors (Lipinski definition) is 1. The van der Waals surface area contributed by atoms with E-state index in [0.717, 1.165) is 5.69 Å². The number of nitrogens with zero attached hydrogens (tertiary/aromatic N) is 2. The lowest BCUT2D eigenvalue weighted by Gasteiger charge is -2.50. The second-order valence-electron chi connectivity index (χ2n) is 7.56. The Bertz CT molecular complexity index is 617. The highest BCUT2D eigenvalue weighted by molar-refractivity contribution is 5.83. The first-order chi connectivity index (χ1) is 11.2. The third-order valence-corrected chi connectivity index (χ3v) is 4.38. The van der Waals surface area contributed by atoms with Crippen LogP contribution in [-0.4, -0.2) is 52.7 Å². The number of piperazine rings is 1. The van der Waals surface area contributed by atoms with Crippen LogP contribution in [0.2, 0.25) is 0 Å². The Morgan fingerprint density at radius 3 is 2.17 bits per heavy atom. The van der Waals surface area contributed by atoms with Crippen molar-refractivity contribution in [1.82, 2.24) is 4.90 Å². The van der Waals surface area contributed by atoms with E-state index >= 15 is 0 Å². The summed E-state index contributed by atoms with van der Waals surface area (Å²) in [5, 5.41) is 9.48. The SMILES string of the molecule is CC(C)(C)OC(=O)N1CC2CC(=O)CC(C1)N2c1ccc(O)cc1. The Hall–Kier alpha value is -2.24. The number of carbonyl (C=O) groups excluding carboxylic acids is 2. The molecule has 0 radical (unpaired) electrons. The average molecular weight is 332 g/mol. The molecule has 1 aromatic carbocycles. The maximum absolute atomic E-state index is 12.4. The second kappa shape index (κ2) is 6.00. The average Bonchev–Trinajstić information content (AvgIpc) is 2.45. The van der Waals surface area contributed by atoms with Gasteiger partial charge in [0, 0.05) is 31.6 Å². The fraction of sp³-hybridized carbons (Fsp3) is 0.556. The summed E-state index contributed by atoms with van der Waals surface area (Å²) < 4.78 is 5.48. The number of carbonyl (C=O) groups is 2. The van der Waals surface area contributed by atoms with E-state index in [1.165, 1.54) is 0 Å². The summed E-state index contributed by atoms with van der Waals surface area (Å²) in [6.45, 7) is 6.49. The highest BCUT2D eigenvalue weighted by atomic mass is 16.6. The lowest BCUT2D eigenvalue weighted by atomic mass is 9.89. The lowest BCUT2D eigenvalue weighted by Crippen LogP contribution is -2.64. The minimum Gasteiger partial charge on any atom is -0.508 e. The van der Waals surface area contributed by atoms with Gasteiger partial charge in [-0.25, -0.2) is 4.79 Å². The minimum atomic E-state index is -0.532. The number of aromatic hydroxyl groups is 1. The fourth-order valence-corrected chi connectivity index (χ4v) is 3.51. The smallest absolute Gasteiger partial charge is 0.410 e. The Morgan fingerprint density at radius 2 is 1.67 bits per heavy atom. The maximum atomic E-state index is 12.4. The molecule has 0 aromatic heterocycles. The molecule has 2 atom stereocenters. The zero-order valence-electron chi connectivity index (χ0n) is 14.4. The van der Waals surface area contributed by atoms with Crippen molar-refractivity contribution >= 4 is 17.6 Å². The second-order valence-corrected chi connectivity index (χ2v) is 7.56. The van der Waals surface area contributed by atoms with Crippen molar-refractivity contribution in [1.29, 1.82) is 0 Å². The number of piperidine rings is 1. The van der Waals surface area contributed by atoms with Gasteiger partial charge < -0.3 is 19.6 Å². The van der Waals surface area contributed by atoms with Gasteiger partial charge in [-0.15, -0.1) is 0 Å². The summed E-state index contributed by atoms with van der Waals surface area (Å²) in [5.41, 5.74) is 0.440. The number of ether oxygens (including phenoxy) is 1. The molecule has 2 unspecified atom stereocenters. The van der Waals surface area contributed by atoms with Crippen LogP contribution in [0.3, 0.4) is 0 Å². The van der Waals surface area contributed by atoms with E-state index in [0.29, 0.717) is 25.9 Å². The monoisotopic (exact) mass is 332 g/mol. The van der Waals surface area contributed by atoms with E-state index in [9.17, 15) is 14.7 Å². The number of amides is 1. The van der Waals surface area contributed by atoms with Crippen LogP contribution in [0.1, 0.15) is 33.6 Å². The molecule has 24 heavy (non-hydrogen) atoms. The third-order valence-electron chi connectivity index (χ3n) is 4.38. The number of phenolic OH excluding ortho intramolecular Hbond substituents is 1. The molecule has 6 nitrogen and oxygen atoms in total. The Morgan fingerprint density at radius 1 is 1.12 bits per heavy atom. The first-order valence-corrected chi connectivity index (χ1v) is 8.30. The fourth-order valence-electron chi connectivity index (χ4n) is 3.51. The van der Waals surface area contributed by atoms with Crippen LogP contribution in [-0.2, 0) is 9.53 Å². The molecular formula is C18H24N2O4. The molecule has 3 rings (SSSR count). The predicted octanol–water partition coefficient (Wildman–Crippen LogP) is 2.55. The molecule has 1 N–H and O–H groups in total. The van der Waals surface area contributed by atoms with Crippen LogP contribution < -0.4 is 4.90 Å². The van der Waals surface area contributed by atoms with Gasteiger partial charge in [-0.1, -0.05) is 0 Å². The van der Waals surface area contributed by atoms with Crippen molar-refractivity contribution in [2.45, 2.75) is 51.3 Å². The quantitative estimate of drug-likeness (QED) is 0.856. The van der Waals surface area contributed by atoms with Crippen molar-refractivity contribution in [2.24, 2.45) is 0 Å². The molecule has 2 aliphatic rings. The van der Waals surface area contributed by atoms with E-state index in [-0.39, 0.29) is 29.7 Å². The van der Waals surface area contributed by atoms with Gasteiger partial charge >= 0.3 is 6.09 Å². The van der Waals surface area contributed by atoms with Crippen molar-refractivity contribution in [3.05, 3.63) is 24.3 Å². The van der Waals surface area contributed by atoms with Crippen molar-refractivity contribution < 1.29 is 19.4 Å². The number of phenols is 1. The van der Waals surface area contributed by atoms with Crippen LogP contribution in [0.5, 0.6) is 5.75 Å². The zero-order chi connectivity index (χ0) is 17.5. The molecule has 2 saturated heterocycles. The Labute approximate surface area is 142 Å². The highest BCUT2D eigenvalue weighted by Gasteiger charge is 2.42. The largest absolute Gasteiger partial charge is 0.508 e. The molecule has 2 aliphatic heterocycles. The first-order valence-electron chi connectivity index (χ1n) is 8.30. The van der Waals surface area contributed by atoms with Gasteiger partial charge in [0.2, 0.25) is 0 Å². The zero-order valence-corrected chi connectivity index (χ0v) is 14.4. The molecule has 0 aliphatic carbocycles. The molecule has 1 amide bonds. The molecule has 1 aromatic rings. The summed E-state index contributed by atoms with van der Waals surface area (Å²) in [6.07, 6.45) is 0.532. The first kappa shape index (κ1) is 16.6. The summed E-state index contributed by atoms with van der Waals surface area (Å²) in [7, 11) is 0. The van der Waals surface area contributed by atoms with E-state index < -0.39 is 5.60 Å². The van der Waals surface area contributed by atoms with Gasteiger partial charge in [0.15, 0.2) is 0 Å². The van der Waals surface area contributed by atoms with Gasteiger partial charge in [-0.05, 0) is 45.0 Å². The van der Waals surface area contributed by atoms with Gasteiger partial charge in [-0.3, -0.25) is 4.79 Å². The molecule has 2 fully saturated rings. The Balaban J connectivity index is 1.80. The molecule has 2 bridgehead atoms. The van der Waals surface area contributed by atoms with E-state index in [1.54, 1.807) is 17.0 Å². The predicted molar refractivity (Wildman–Crippen MR) is 90.2 cm³/mol. The molecule has 0 saturated carbocycles. The molecule has 130 valence electrons. The Kier molecular flexibility index (Phi) is 4.15. The van der Waals surface area contributed by atoms with E-state index in [4.69, 9.17) is 4.74 Å². The van der Waals surface area contributed by atoms with Gasteiger partial charge in [0.05, 0.1) is 12.1 Å². The number of fused-ring (bicyclic) bond motifs is 2. The molecular weight excluding hydrogens is 308 g/mol. The van der Waals surface area contributed by atoms with Crippen LogP contribution in [0.25, 0.3) is 0 Å². The van der Waals surface area contributed by atoms with Gasteiger partial charge in [0.1, 0.15) is 17.1 Å². The summed E-state index contributed by atoms with van der Waals surface area (Å²) in [5.74, 6) is 0.455. The van der Waals surface area contributed by atoms with Crippen LogP contribution in [0.4, 0.5) is 10.5 Å². The summed E-state index contributed by atoms with van der Waals surface area (Å²) in [4.78, 5) is 28.3. The number of rotatable bonds is 1. The van der Waals surface area contributed by atoms with E-state index in [2.05, 4.69) is 4.90 Å². The van der Waals surface area contributed by atoms with Gasteiger partial charge in [0.25, 0.3) is 0 Å². The van der Waals surface area contributed by atoms with Crippen molar-refractivity contribution in [3.8, 4) is 5.75 Å². The summed E-state index contributed by atoms with van der Waals surface area (Å²) >= 11 is 0. The maximum Gasteiger partial charge on any atom is 0.410 e. The number of anilines is 1. The lowest BCUT2D eigenvalue weighted by molar-refractivity contribution is -0.122. The van der Waals surface area contributed by atoms with Crippen molar-refractivity contribution in [3.63, 3.8) is 0 Å². The number of hydrogen-bond acceptors (Lipinski definition) is 5. The molecule has 0 spiro atoms. The van der Waals surface area contributed by atoms with Crippen LogP contribution >= 0.6 is 0 Å². The normalized spacial score (nSPS) is 24.0.